The molecule has 0 nitrogen and oxygen atoms in total. The third kappa shape index (κ3) is 3.66. The fraction of sp³-hybridized carbons (Fsp3) is 0.250. The van der Waals surface area contributed by atoms with E-state index in [1.165, 1.54) is 16.3 Å². The molecular formula is C12H13Cl2Zr-. The van der Waals surface area contributed by atoms with Gasteiger partial charge in [-0.1, -0.05) is 25.5 Å². The van der Waals surface area contributed by atoms with E-state index in [0.717, 1.165) is 0 Å². The van der Waals surface area contributed by atoms with E-state index < -0.39 is 20.8 Å². The molecule has 0 spiro atoms. The summed E-state index contributed by atoms with van der Waals surface area (Å²) in [4.78, 5) is 0. The zero-order chi connectivity index (χ0) is 11.3. The van der Waals surface area contributed by atoms with Crippen molar-refractivity contribution in [1.29, 1.82) is 0 Å². The van der Waals surface area contributed by atoms with Crippen LogP contribution in [0.3, 0.4) is 0 Å². The molecule has 15 heavy (non-hydrogen) atoms. The Hall–Kier alpha value is 0.293. The second-order valence-electron chi connectivity index (χ2n) is 3.60. The van der Waals surface area contributed by atoms with Crippen molar-refractivity contribution in [3.05, 3.63) is 42.0 Å². The van der Waals surface area contributed by atoms with Crippen LogP contribution in [-0.4, -0.2) is 0 Å². The molecule has 0 aliphatic heterocycles. The number of fused-ring (bicyclic) bond motifs is 1. The van der Waals surface area contributed by atoms with E-state index in [1.807, 2.05) is 0 Å². The Morgan fingerprint density at radius 1 is 1.20 bits per heavy atom. The Labute approximate surface area is 110 Å². The summed E-state index contributed by atoms with van der Waals surface area (Å²) in [5.74, 6) is 0.621. The fourth-order valence-electron chi connectivity index (χ4n) is 1.69. The normalized spacial score (nSPS) is 9.93. The van der Waals surface area contributed by atoms with Crippen molar-refractivity contribution < 1.29 is 20.8 Å². The van der Waals surface area contributed by atoms with Crippen LogP contribution < -0.4 is 0 Å². The number of rotatable bonds is 1. The average molecular weight is 319 g/mol. The van der Waals surface area contributed by atoms with Crippen molar-refractivity contribution in [3.63, 3.8) is 0 Å². The molecule has 0 aliphatic carbocycles. The van der Waals surface area contributed by atoms with Crippen LogP contribution in [0.15, 0.2) is 36.4 Å². The van der Waals surface area contributed by atoms with Crippen LogP contribution in [-0.2, 0) is 20.8 Å². The first-order chi connectivity index (χ1) is 7.20. The van der Waals surface area contributed by atoms with Gasteiger partial charge in [0.15, 0.2) is 0 Å². The standard InChI is InChI=1S/C12H13.2ClH.Zr/c1-9(2)11-7-3-5-10-6-4-8-12(10)11;;;/h3-9H,1-2H3;2*1H;/q-1;;;+2/p-2. The molecule has 0 fully saturated rings. The molecule has 0 aromatic heterocycles. The van der Waals surface area contributed by atoms with Crippen LogP contribution in [0.2, 0.25) is 0 Å². The first kappa shape index (κ1) is 13.4. The molecule has 0 saturated heterocycles. The monoisotopic (exact) mass is 317 g/mol. The van der Waals surface area contributed by atoms with Gasteiger partial charge < -0.3 is 0 Å². The summed E-state index contributed by atoms with van der Waals surface area (Å²) in [6.45, 7) is 4.48. The van der Waals surface area contributed by atoms with Gasteiger partial charge in [0.2, 0.25) is 0 Å². The van der Waals surface area contributed by atoms with Crippen LogP contribution in [0.1, 0.15) is 25.3 Å². The summed E-state index contributed by atoms with van der Waals surface area (Å²) >= 11 is -0.826. The maximum atomic E-state index is 4.93. The molecule has 0 bridgehead atoms. The topological polar surface area (TPSA) is 0 Å². The molecule has 0 N–H and O–H groups in total. The van der Waals surface area contributed by atoms with E-state index in [2.05, 4.69) is 50.2 Å². The van der Waals surface area contributed by atoms with Gasteiger partial charge in [-0.05, 0) is 5.92 Å². The van der Waals surface area contributed by atoms with Gasteiger partial charge in [-0.25, -0.2) is 0 Å². The first-order valence-corrected chi connectivity index (χ1v) is 11.1. The Morgan fingerprint density at radius 2 is 1.87 bits per heavy atom. The quantitative estimate of drug-likeness (QED) is 0.645. The molecule has 2 rings (SSSR count). The van der Waals surface area contributed by atoms with Crippen LogP contribution in [0.4, 0.5) is 0 Å². The summed E-state index contributed by atoms with van der Waals surface area (Å²) in [5.41, 5.74) is 1.46. The molecule has 0 aliphatic rings. The van der Waals surface area contributed by atoms with Crippen molar-refractivity contribution in [3.8, 4) is 0 Å². The second kappa shape index (κ2) is 6.79. The summed E-state index contributed by atoms with van der Waals surface area (Å²) in [6.07, 6.45) is 0. The van der Waals surface area contributed by atoms with E-state index in [4.69, 9.17) is 17.0 Å². The minimum atomic E-state index is -0.826. The molecule has 0 saturated carbocycles. The van der Waals surface area contributed by atoms with Crippen molar-refractivity contribution in [2.45, 2.75) is 19.8 Å². The molecule has 2 aromatic carbocycles. The van der Waals surface area contributed by atoms with Gasteiger partial charge in [-0.2, -0.15) is 12.1 Å². The SMILES string of the molecule is CC(C)c1cccc2[cH-]ccc12.[Cl][Zr][Cl]. The van der Waals surface area contributed by atoms with E-state index in [9.17, 15) is 0 Å². The zero-order valence-electron chi connectivity index (χ0n) is 8.80. The van der Waals surface area contributed by atoms with Gasteiger partial charge in [-0.3, -0.25) is 0 Å². The van der Waals surface area contributed by atoms with Crippen molar-refractivity contribution in [1.82, 2.24) is 0 Å². The van der Waals surface area contributed by atoms with Crippen molar-refractivity contribution >= 4 is 27.8 Å². The summed E-state index contributed by atoms with van der Waals surface area (Å²) in [6, 6.07) is 13.0. The van der Waals surface area contributed by atoms with Crippen LogP contribution in [0.5, 0.6) is 0 Å². The van der Waals surface area contributed by atoms with Crippen molar-refractivity contribution in [2.24, 2.45) is 0 Å². The van der Waals surface area contributed by atoms with Gasteiger partial charge >= 0.3 is 37.9 Å². The van der Waals surface area contributed by atoms with E-state index in [-0.39, 0.29) is 0 Å². The Bertz CT molecular complexity index is 407. The summed E-state index contributed by atoms with van der Waals surface area (Å²) < 4.78 is 0. The molecule has 0 amide bonds. The Kier molecular flexibility index (Phi) is 6.04. The van der Waals surface area contributed by atoms with E-state index in [1.54, 1.807) is 0 Å². The zero-order valence-corrected chi connectivity index (χ0v) is 12.8. The molecule has 3 heteroatoms. The van der Waals surface area contributed by atoms with Crippen LogP contribution in [0.25, 0.3) is 10.8 Å². The minimum absolute atomic E-state index is 0.621. The molecule has 0 atom stereocenters. The summed E-state index contributed by atoms with van der Waals surface area (Å²) in [7, 11) is 9.87. The summed E-state index contributed by atoms with van der Waals surface area (Å²) in [5, 5.41) is 2.77. The average Bonchev–Trinajstić information content (AvgIpc) is 2.65. The molecule has 0 heterocycles. The molecule has 0 unspecified atom stereocenters. The number of hydrogen-bond acceptors (Lipinski definition) is 0. The fourth-order valence-corrected chi connectivity index (χ4v) is 1.69. The molecule has 0 radical (unpaired) electrons. The van der Waals surface area contributed by atoms with Gasteiger partial charge in [0.1, 0.15) is 0 Å². The van der Waals surface area contributed by atoms with Gasteiger partial charge in [0, 0.05) is 0 Å². The van der Waals surface area contributed by atoms with Gasteiger partial charge in [-0.15, -0.1) is 29.0 Å². The Balaban J connectivity index is 0.000000337. The number of benzene rings is 1. The molecule has 2 aromatic rings. The second-order valence-corrected chi connectivity index (χ2v) is 7.33. The van der Waals surface area contributed by atoms with Crippen LogP contribution >= 0.6 is 17.0 Å². The third-order valence-corrected chi connectivity index (χ3v) is 2.33. The van der Waals surface area contributed by atoms with Gasteiger partial charge in [0.25, 0.3) is 0 Å². The van der Waals surface area contributed by atoms with E-state index >= 15 is 0 Å². The predicted octanol–water partition coefficient (Wildman–Crippen LogP) is 5.06. The third-order valence-electron chi connectivity index (χ3n) is 2.33. The number of halogens is 2. The maximum absolute atomic E-state index is 4.93. The van der Waals surface area contributed by atoms with Crippen LogP contribution in [0, 0.1) is 0 Å². The Morgan fingerprint density at radius 3 is 2.47 bits per heavy atom. The predicted molar refractivity (Wildman–Crippen MR) is 65.3 cm³/mol. The number of hydrogen-bond donors (Lipinski definition) is 0. The van der Waals surface area contributed by atoms with E-state index in [0.29, 0.717) is 5.92 Å². The molecular weight excluding hydrogens is 306 g/mol. The van der Waals surface area contributed by atoms with Crippen molar-refractivity contribution in [2.75, 3.05) is 0 Å². The van der Waals surface area contributed by atoms with Gasteiger partial charge in [0.05, 0.1) is 0 Å². The molecule has 80 valence electrons. The first-order valence-electron chi connectivity index (χ1n) is 4.81.